The van der Waals surface area contributed by atoms with Crippen molar-refractivity contribution in [3.05, 3.63) is 89.0 Å². The normalized spacial score (nSPS) is 23.5. The van der Waals surface area contributed by atoms with Crippen molar-refractivity contribution in [2.45, 2.75) is 186 Å². The van der Waals surface area contributed by atoms with Gasteiger partial charge in [0.2, 0.25) is 47.3 Å². The van der Waals surface area contributed by atoms with Crippen LogP contribution in [-0.4, -0.2) is 225 Å². The maximum absolute atomic E-state index is 14.2. The zero-order valence-corrected chi connectivity index (χ0v) is 60.9. The van der Waals surface area contributed by atoms with Gasteiger partial charge in [-0.3, -0.25) is 52.5 Å². The second-order valence-electron chi connectivity index (χ2n) is 26.7. The number of aliphatic hydroxyl groups excluding tert-OH is 3. The number of hydrogen-bond donors (Lipinski definition) is 11. The van der Waals surface area contributed by atoms with Crippen LogP contribution in [0.2, 0.25) is 5.02 Å². The summed E-state index contributed by atoms with van der Waals surface area (Å²) < 4.78 is 70.2. The molecule has 3 aliphatic heterocycles. The minimum Gasteiger partial charge on any atom is -0.495 e. The molecule has 103 heavy (non-hydrogen) atoms. The smallest absolute Gasteiger partial charge is 0.347 e. The number of halogens is 1. The summed E-state index contributed by atoms with van der Waals surface area (Å²) in [7, 11) is -1.72. The van der Waals surface area contributed by atoms with E-state index in [4.69, 9.17) is 49.3 Å². The van der Waals surface area contributed by atoms with Crippen molar-refractivity contribution < 1.29 is 114 Å². The van der Waals surface area contributed by atoms with Gasteiger partial charge in [-0.15, -0.1) is 0 Å². The number of amides is 8. The summed E-state index contributed by atoms with van der Waals surface area (Å²) in [6.45, 7) is 13.5. The molecular weight excluding hydrogens is 1390 g/mol. The second kappa shape index (κ2) is 40.8. The van der Waals surface area contributed by atoms with E-state index in [9.17, 15) is 76.5 Å². The fraction of sp³-hybridized carbons (Fsp3) is 0.609. The fourth-order valence-electron chi connectivity index (χ4n) is 11.0. The van der Waals surface area contributed by atoms with Crippen LogP contribution in [0.1, 0.15) is 123 Å². The minimum absolute atomic E-state index is 0.00276. The first kappa shape index (κ1) is 85.5. The molecule has 3 heterocycles. The Kier molecular flexibility index (Phi) is 33.9. The number of benzene rings is 2. The maximum atomic E-state index is 14.2. The van der Waals surface area contributed by atoms with Gasteiger partial charge >= 0.3 is 17.9 Å². The molecule has 2 aromatic carbocycles. The van der Waals surface area contributed by atoms with Gasteiger partial charge < -0.3 is 90.6 Å². The fourth-order valence-corrected chi connectivity index (χ4v) is 11.6. The average molecular weight is 1490 g/mol. The van der Waals surface area contributed by atoms with Crippen molar-refractivity contribution in [1.82, 2.24) is 42.1 Å². The van der Waals surface area contributed by atoms with Gasteiger partial charge in [-0.2, -0.15) is 8.42 Å². The molecule has 32 nitrogen and oxygen atoms in total. The number of nitrogens with zero attached hydrogens (tertiary/aromatic N) is 1. The molecule has 2 saturated heterocycles. The molecule has 3 aliphatic rings. The monoisotopic (exact) mass is 1490 g/mol. The molecule has 34 heteroatoms. The second-order valence-corrected chi connectivity index (χ2v) is 28.7. The maximum Gasteiger partial charge on any atom is 0.347 e. The summed E-state index contributed by atoms with van der Waals surface area (Å²) in [6, 6.07) is 8.01. The van der Waals surface area contributed by atoms with Crippen LogP contribution in [-0.2, 0) is 104 Å². The van der Waals surface area contributed by atoms with Crippen LogP contribution in [0.5, 0.6) is 5.75 Å². The molecule has 13 atom stereocenters. The number of rotatable bonds is 35. The Balaban J connectivity index is 1.30. The average Bonchev–Trinajstić information content (AvgIpc) is 1.63. The topological polar surface area (TPSA) is 458 Å². The summed E-state index contributed by atoms with van der Waals surface area (Å²) in [5, 5.41) is 49.8. The van der Waals surface area contributed by atoms with Gasteiger partial charge in [-0.05, 0) is 73.4 Å². The Bertz CT molecular complexity index is 3430. The summed E-state index contributed by atoms with van der Waals surface area (Å²) in [5.74, 6) is -9.59. The molecule has 5 rings (SSSR count). The van der Waals surface area contributed by atoms with E-state index in [1.807, 2.05) is 13.8 Å². The molecule has 0 bridgehead atoms. The van der Waals surface area contributed by atoms with Gasteiger partial charge in [0.25, 0.3) is 10.1 Å². The molecule has 2 fully saturated rings. The van der Waals surface area contributed by atoms with Gasteiger partial charge in [0.1, 0.15) is 67.1 Å². The Morgan fingerprint density at radius 1 is 0.816 bits per heavy atom. The number of ether oxygens (including phenoxy) is 7. The first-order valence-electron chi connectivity index (χ1n) is 33.9. The number of aliphatic hydroxyl groups is 3. The predicted molar refractivity (Wildman–Crippen MR) is 369 cm³/mol. The molecule has 11 N–H and O–H groups in total. The SMILES string of the molecule is C=CCOC(=O)CCN(CCC(=O)N[C@H](C(=O)N[C@@H](CCC(=O)NC[C@H]1O[C@@H](OC)[C@H](O)[C@@H](O)[C@@H]1O)C(=O)NCc1ccc([C@H]2O[C@@H]2[C@@H](C)[C@@H]2C/C=C/C(=O)N[C@H](Cc3ccc(OC)c(Cl)c3)C(=O)NCC(C)(C)C(=O)O[C@@H](CC(C)C)C(=O)O2)cc1)C(C)C)C(=O)CCC(=O)NCCS(=O)(=O)O. The van der Waals surface area contributed by atoms with Gasteiger partial charge in [0, 0.05) is 90.8 Å². The number of carbonyl (C=O) groups excluding carboxylic acids is 11. The van der Waals surface area contributed by atoms with Gasteiger partial charge in [-0.25, -0.2) is 4.79 Å². The van der Waals surface area contributed by atoms with Gasteiger partial charge in [0.15, 0.2) is 12.4 Å². The van der Waals surface area contributed by atoms with Crippen LogP contribution >= 0.6 is 11.6 Å². The zero-order valence-electron chi connectivity index (χ0n) is 59.3. The van der Waals surface area contributed by atoms with Crippen LogP contribution < -0.4 is 42.0 Å². The van der Waals surface area contributed by atoms with E-state index in [0.29, 0.717) is 22.4 Å². The zero-order chi connectivity index (χ0) is 76.5. The van der Waals surface area contributed by atoms with E-state index < -0.39 is 204 Å². The van der Waals surface area contributed by atoms with Crippen molar-refractivity contribution >= 4 is 86.9 Å². The Morgan fingerprint density at radius 2 is 1.50 bits per heavy atom. The molecule has 0 radical (unpaired) electrons. The molecule has 2 aromatic rings. The Hall–Kier alpha value is -8.15. The van der Waals surface area contributed by atoms with Crippen molar-refractivity contribution in [2.75, 3.05) is 59.3 Å². The lowest BCUT2D eigenvalue weighted by atomic mass is 9.92. The van der Waals surface area contributed by atoms with Crippen molar-refractivity contribution in [3.8, 4) is 5.75 Å². The van der Waals surface area contributed by atoms with Crippen molar-refractivity contribution in [1.29, 1.82) is 0 Å². The Labute approximate surface area is 603 Å². The van der Waals surface area contributed by atoms with E-state index in [1.165, 1.54) is 32.4 Å². The molecular formula is C69H99ClN8O24S. The molecule has 0 aliphatic carbocycles. The molecule has 572 valence electrons. The van der Waals surface area contributed by atoms with Gasteiger partial charge in [0.05, 0.1) is 35.8 Å². The summed E-state index contributed by atoms with van der Waals surface area (Å²) in [4.78, 5) is 150. The molecule has 0 spiro atoms. The minimum atomic E-state index is -4.38. The van der Waals surface area contributed by atoms with Crippen LogP contribution in [0.3, 0.4) is 0 Å². The number of epoxide rings is 1. The number of cyclic esters (lactones) is 2. The first-order chi connectivity index (χ1) is 48.5. The van der Waals surface area contributed by atoms with E-state index in [0.717, 1.165) is 4.90 Å². The highest BCUT2D eigenvalue weighted by atomic mass is 35.5. The summed E-state index contributed by atoms with van der Waals surface area (Å²) in [5.41, 5.74) is 0.533. The number of nitrogens with one attached hydrogen (secondary N) is 7. The number of methoxy groups -OCH3 is 2. The van der Waals surface area contributed by atoms with Crippen LogP contribution in [0.15, 0.2) is 67.3 Å². The molecule has 0 aromatic heterocycles. The lowest BCUT2D eigenvalue weighted by Gasteiger charge is -2.39. The standard InChI is InChI=1S/C69H99ClN8O24S/c1-11-30-98-56(84)26-29-78(55(83)24-23-51(79)71-27-31-103(93,94)95)28-25-54(82)77-57(39(4)5)65(90)76-45(20-22-52(80)72-36-50-58(85)59(86)60(87)67(97-10)100-50)63(88)73-35-41-15-18-43(19-16-41)62-61(102-62)40(6)47-13-12-14-53(81)75-46(34-42-17-21-48(96-9)44(70)33-42)64(89)74-37-69(7,8)68(92)101-49(32-38(2)3)66(91)99-47/h11-12,14-19,21,33,38-40,45-47,49-50,57-62,67,85-87H,1,13,20,22-32,34-37H2,2-10H3,(H,71,79)(H,72,80)(H,73,88)(H,74,89)(H,75,81)(H,76,90)(H,77,82)(H,93,94,95)/b14-12+/t40-,45-,46+,47-,49-,50+,57-,58+,59-,60+,61+,62+,67+/m0/s1. The van der Waals surface area contributed by atoms with Gasteiger partial charge in [-0.1, -0.05) is 95.3 Å². The third-order valence-corrected chi connectivity index (χ3v) is 18.2. The predicted octanol–water partition coefficient (Wildman–Crippen LogP) is 0.839. The summed E-state index contributed by atoms with van der Waals surface area (Å²) in [6.07, 6.45) is -8.94. The highest BCUT2D eigenvalue weighted by Crippen LogP contribution is 2.45. The number of esters is 3. The van der Waals surface area contributed by atoms with Crippen LogP contribution in [0, 0.1) is 23.2 Å². The number of hydrogen-bond acceptors (Lipinski definition) is 23. The molecule has 0 unspecified atom stereocenters. The van der Waals surface area contributed by atoms with E-state index >= 15 is 0 Å². The quantitative estimate of drug-likeness (QED) is 0.0150. The molecule has 8 amide bonds. The largest absolute Gasteiger partial charge is 0.495 e. The van der Waals surface area contributed by atoms with Crippen molar-refractivity contribution in [3.63, 3.8) is 0 Å². The van der Waals surface area contributed by atoms with E-state index in [2.05, 4.69) is 43.8 Å². The lowest BCUT2D eigenvalue weighted by molar-refractivity contribution is -0.288. The Morgan fingerprint density at radius 3 is 2.14 bits per heavy atom. The first-order valence-corrected chi connectivity index (χ1v) is 35.9. The lowest BCUT2D eigenvalue weighted by Crippen LogP contribution is -2.60. The third kappa shape index (κ3) is 28.1. The van der Waals surface area contributed by atoms with Crippen LogP contribution in [0.4, 0.5) is 0 Å². The number of carbonyl (C=O) groups is 11. The third-order valence-electron chi connectivity index (χ3n) is 17.2. The van der Waals surface area contributed by atoms with E-state index in [1.54, 1.807) is 77.1 Å². The highest BCUT2D eigenvalue weighted by molar-refractivity contribution is 7.85. The van der Waals surface area contributed by atoms with Crippen LogP contribution in [0.25, 0.3) is 0 Å². The highest BCUT2D eigenvalue weighted by Gasteiger charge is 2.49. The summed E-state index contributed by atoms with van der Waals surface area (Å²) >= 11 is 6.40. The van der Waals surface area contributed by atoms with Crippen molar-refractivity contribution in [2.24, 2.45) is 23.2 Å². The van der Waals surface area contributed by atoms with E-state index in [-0.39, 0.29) is 82.4 Å². The molecule has 0 saturated carbocycles.